The van der Waals surface area contributed by atoms with Crippen molar-refractivity contribution < 1.29 is 0 Å². The van der Waals surface area contributed by atoms with Crippen molar-refractivity contribution in [1.29, 1.82) is 0 Å². The summed E-state index contributed by atoms with van der Waals surface area (Å²) in [6, 6.07) is 8.10. The van der Waals surface area contributed by atoms with E-state index in [1.807, 2.05) is 22.9 Å². The first-order valence-corrected chi connectivity index (χ1v) is 5.40. The van der Waals surface area contributed by atoms with Crippen LogP contribution in [0.5, 0.6) is 0 Å². The average molecular weight is 267 g/mol. The monoisotopic (exact) mass is 266 g/mol. The number of nitrogens with zero attached hydrogens (tertiary/aromatic N) is 3. The predicted octanol–water partition coefficient (Wildman–Crippen LogP) is 1.55. The zero-order chi connectivity index (χ0) is 10.7. The van der Waals surface area contributed by atoms with E-state index in [1.165, 1.54) is 11.9 Å². The van der Waals surface area contributed by atoms with Crippen molar-refractivity contribution >= 4 is 15.9 Å². The van der Waals surface area contributed by atoms with Gasteiger partial charge < -0.3 is 5.73 Å². The number of nitrogens with two attached hydrogens (primary N) is 1. The Morgan fingerprint density at radius 2 is 2.27 bits per heavy atom. The molecule has 2 aromatic rings. The molecule has 0 aliphatic carbocycles. The number of rotatable bonds is 3. The molecule has 0 saturated heterocycles. The molecule has 78 valence electrons. The van der Waals surface area contributed by atoms with Crippen molar-refractivity contribution in [2.24, 2.45) is 5.73 Å². The molecule has 5 heteroatoms. The normalized spacial score (nSPS) is 10.5. The van der Waals surface area contributed by atoms with Crippen molar-refractivity contribution in [2.75, 3.05) is 0 Å². The zero-order valence-electron chi connectivity index (χ0n) is 8.10. The van der Waals surface area contributed by atoms with Crippen LogP contribution in [0, 0.1) is 0 Å². The Labute approximate surface area is 96.3 Å². The van der Waals surface area contributed by atoms with Crippen LogP contribution in [0.4, 0.5) is 0 Å². The van der Waals surface area contributed by atoms with E-state index in [1.54, 1.807) is 0 Å². The summed E-state index contributed by atoms with van der Waals surface area (Å²) < 4.78 is 2.87. The van der Waals surface area contributed by atoms with Gasteiger partial charge in [-0.25, -0.2) is 9.67 Å². The lowest BCUT2D eigenvalue weighted by Gasteiger charge is -2.04. The Balaban J connectivity index is 2.22. The van der Waals surface area contributed by atoms with Gasteiger partial charge in [0.25, 0.3) is 0 Å². The maximum absolute atomic E-state index is 5.55. The second-order valence-electron chi connectivity index (χ2n) is 3.17. The van der Waals surface area contributed by atoms with E-state index in [0.29, 0.717) is 13.1 Å². The van der Waals surface area contributed by atoms with Crippen LogP contribution in [0.1, 0.15) is 11.4 Å². The first-order chi connectivity index (χ1) is 7.29. The minimum atomic E-state index is 0.411. The topological polar surface area (TPSA) is 56.7 Å². The molecule has 0 saturated carbocycles. The van der Waals surface area contributed by atoms with Gasteiger partial charge in [-0.1, -0.05) is 28.1 Å². The third-order valence-electron chi connectivity index (χ3n) is 2.10. The summed E-state index contributed by atoms with van der Waals surface area (Å²) in [6.07, 6.45) is 1.53. The highest BCUT2D eigenvalue weighted by atomic mass is 79.9. The van der Waals surface area contributed by atoms with Gasteiger partial charge in [0.15, 0.2) is 0 Å². The minimum Gasteiger partial charge on any atom is -0.324 e. The molecule has 0 amide bonds. The maximum atomic E-state index is 5.55. The fourth-order valence-electron chi connectivity index (χ4n) is 1.39. The van der Waals surface area contributed by atoms with E-state index in [0.717, 1.165) is 10.3 Å². The highest BCUT2D eigenvalue weighted by Gasteiger charge is 2.02. The second kappa shape index (κ2) is 4.55. The molecular formula is C10H11BrN4. The van der Waals surface area contributed by atoms with Gasteiger partial charge in [0.2, 0.25) is 0 Å². The lowest BCUT2D eigenvalue weighted by atomic mass is 10.2. The van der Waals surface area contributed by atoms with Crippen LogP contribution >= 0.6 is 15.9 Å². The Morgan fingerprint density at radius 3 is 3.00 bits per heavy atom. The fourth-order valence-corrected chi connectivity index (χ4v) is 1.83. The molecular weight excluding hydrogens is 256 g/mol. The third-order valence-corrected chi connectivity index (χ3v) is 2.59. The highest BCUT2D eigenvalue weighted by molar-refractivity contribution is 9.10. The van der Waals surface area contributed by atoms with Gasteiger partial charge in [-0.3, -0.25) is 0 Å². The number of hydrogen-bond donors (Lipinski definition) is 1. The van der Waals surface area contributed by atoms with E-state index in [-0.39, 0.29) is 0 Å². The van der Waals surface area contributed by atoms with Crippen LogP contribution in [-0.2, 0) is 13.1 Å². The molecule has 2 rings (SSSR count). The molecule has 2 N–H and O–H groups in total. The van der Waals surface area contributed by atoms with Crippen molar-refractivity contribution in [3.05, 3.63) is 46.5 Å². The number of hydrogen-bond acceptors (Lipinski definition) is 3. The van der Waals surface area contributed by atoms with Gasteiger partial charge in [-0.2, -0.15) is 5.10 Å². The van der Waals surface area contributed by atoms with E-state index < -0.39 is 0 Å². The first-order valence-electron chi connectivity index (χ1n) is 4.61. The predicted molar refractivity (Wildman–Crippen MR) is 61.2 cm³/mol. The number of aromatic nitrogens is 3. The largest absolute Gasteiger partial charge is 0.324 e. The van der Waals surface area contributed by atoms with E-state index in [9.17, 15) is 0 Å². The van der Waals surface area contributed by atoms with Crippen LogP contribution in [0.3, 0.4) is 0 Å². The summed E-state index contributed by atoms with van der Waals surface area (Å²) in [5, 5.41) is 4.12. The van der Waals surface area contributed by atoms with Crippen molar-refractivity contribution in [1.82, 2.24) is 14.8 Å². The van der Waals surface area contributed by atoms with E-state index >= 15 is 0 Å². The molecule has 0 aliphatic rings. The number of benzene rings is 1. The summed E-state index contributed by atoms with van der Waals surface area (Å²) in [4.78, 5) is 4.07. The molecule has 0 bridgehead atoms. The quantitative estimate of drug-likeness (QED) is 0.917. The molecule has 0 fully saturated rings. The lowest BCUT2D eigenvalue weighted by Crippen LogP contribution is -2.10. The van der Waals surface area contributed by atoms with Gasteiger partial charge in [0.1, 0.15) is 12.2 Å². The maximum Gasteiger partial charge on any atom is 0.140 e. The first kappa shape index (κ1) is 10.3. The smallest absolute Gasteiger partial charge is 0.140 e. The van der Waals surface area contributed by atoms with Crippen LogP contribution in [0.2, 0.25) is 0 Å². The van der Waals surface area contributed by atoms with Crippen molar-refractivity contribution in [2.45, 2.75) is 13.1 Å². The van der Waals surface area contributed by atoms with E-state index in [2.05, 4.69) is 32.1 Å². The molecule has 15 heavy (non-hydrogen) atoms. The molecule has 0 spiro atoms. The molecule has 1 aromatic carbocycles. The molecule has 0 radical (unpaired) electrons. The molecule has 1 aromatic heterocycles. The summed E-state index contributed by atoms with van der Waals surface area (Å²) in [6.45, 7) is 1.11. The van der Waals surface area contributed by atoms with E-state index in [4.69, 9.17) is 5.73 Å². The highest BCUT2D eigenvalue weighted by Crippen LogP contribution is 2.12. The van der Waals surface area contributed by atoms with Crippen molar-refractivity contribution in [3.63, 3.8) is 0 Å². The number of halogens is 1. The average Bonchev–Trinajstić information content (AvgIpc) is 2.65. The molecule has 0 aliphatic heterocycles. The Morgan fingerprint density at radius 1 is 1.40 bits per heavy atom. The molecule has 0 unspecified atom stereocenters. The summed E-state index contributed by atoms with van der Waals surface area (Å²) in [5.41, 5.74) is 6.72. The Kier molecular flexibility index (Phi) is 3.13. The molecule has 1 heterocycles. The SMILES string of the molecule is NCc1ncnn1Cc1cccc(Br)c1. The van der Waals surface area contributed by atoms with Gasteiger partial charge in [-0.15, -0.1) is 0 Å². The van der Waals surface area contributed by atoms with Gasteiger partial charge in [-0.05, 0) is 17.7 Å². The second-order valence-corrected chi connectivity index (χ2v) is 4.08. The van der Waals surface area contributed by atoms with Crippen LogP contribution in [-0.4, -0.2) is 14.8 Å². The van der Waals surface area contributed by atoms with Gasteiger partial charge in [0.05, 0.1) is 13.1 Å². The van der Waals surface area contributed by atoms with Crippen LogP contribution in [0.15, 0.2) is 35.1 Å². The Hall–Kier alpha value is -1.20. The summed E-state index contributed by atoms with van der Waals surface area (Å²) in [5.74, 6) is 0.801. The lowest BCUT2D eigenvalue weighted by molar-refractivity contribution is 0.638. The van der Waals surface area contributed by atoms with Gasteiger partial charge >= 0.3 is 0 Å². The summed E-state index contributed by atoms with van der Waals surface area (Å²) >= 11 is 3.43. The zero-order valence-corrected chi connectivity index (χ0v) is 9.68. The summed E-state index contributed by atoms with van der Waals surface area (Å²) in [7, 11) is 0. The third kappa shape index (κ3) is 2.43. The molecule has 4 nitrogen and oxygen atoms in total. The van der Waals surface area contributed by atoms with Crippen LogP contribution < -0.4 is 5.73 Å². The van der Waals surface area contributed by atoms with Crippen molar-refractivity contribution in [3.8, 4) is 0 Å². The van der Waals surface area contributed by atoms with Gasteiger partial charge in [0, 0.05) is 4.47 Å². The molecule has 0 atom stereocenters. The minimum absolute atomic E-state index is 0.411. The Bertz CT molecular complexity index is 452. The van der Waals surface area contributed by atoms with Crippen LogP contribution in [0.25, 0.3) is 0 Å². The standard InChI is InChI=1S/C10H11BrN4/c11-9-3-1-2-8(4-9)6-15-10(5-12)13-7-14-15/h1-4,7H,5-6,12H2. The fraction of sp³-hybridized carbons (Fsp3) is 0.200.